The molecule has 1 N–H and O–H groups in total. The predicted octanol–water partition coefficient (Wildman–Crippen LogP) is 2.20. The molecule has 4 nitrogen and oxygen atoms in total. The second kappa shape index (κ2) is 5.85. The first-order chi connectivity index (χ1) is 8.53. The minimum absolute atomic E-state index is 0.144. The van der Waals surface area contributed by atoms with Crippen molar-refractivity contribution in [3.05, 3.63) is 18.2 Å². The number of hydrogen-bond acceptors (Lipinski definition) is 3. The molecule has 0 amide bonds. The Morgan fingerprint density at radius 3 is 3.00 bits per heavy atom. The Balaban J connectivity index is 1.75. The molecule has 0 aromatic carbocycles. The van der Waals surface area contributed by atoms with Crippen LogP contribution < -0.4 is 5.32 Å². The van der Waals surface area contributed by atoms with Crippen LogP contribution in [0.15, 0.2) is 12.5 Å². The van der Waals surface area contributed by atoms with Crippen molar-refractivity contribution in [2.45, 2.75) is 52.2 Å². The lowest BCUT2D eigenvalue weighted by Crippen LogP contribution is -2.35. The molecule has 1 fully saturated rings. The van der Waals surface area contributed by atoms with Crippen molar-refractivity contribution in [2.75, 3.05) is 13.2 Å². The zero-order valence-corrected chi connectivity index (χ0v) is 11.8. The Bertz CT molecular complexity index is 361. The molecule has 18 heavy (non-hydrogen) atoms. The van der Waals surface area contributed by atoms with E-state index in [2.05, 4.69) is 41.8 Å². The van der Waals surface area contributed by atoms with Crippen LogP contribution in [0.4, 0.5) is 0 Å². The summed E-state index contributed by atoms with van der Waals surface area (Å²) >= 11 is 0. The van der Waals surface area contributed by atoms with Crippen LogP contribution in [0.3, 0.4) is 0 Å². The van der Waals surface area contributed by atoms with Gasteiger partial charge in [-0.1, -0.05) is 0 Å². The topological polar surface area (TPSA) is 39.1 Å². The summed E-state index contributed by atoms with van der Waals surface area (Å²) in [6.07, 6.45) is 6.50. The van der Waals surface area contributed by atoms with E-state index in [1.165, 1.54) is 12.8 Å². The zero-order chi connectivity index (χ0) is 13.0. The maximum Gasteiger partial charge on any atom is 0.0949 e. The van der Waals surface area contributed by atoms with Crippen molar-refractivity contribution in [3.8, 4) is 0 Å². The van der Waals surface area contributed by atoms with Crippen LogP contribution in [0.25, 0.3) is 0 Å². The van der Waals surface area contributed by atoms with Gasteiger partial charge in [-0.3, -0.25) is 0 Å². The third kappa shape index (κ3) is 4.42. The van der Waals surface area contributed by atoms with Crippen molar-refractivity contribution < 1.29 is 4.74 Å². The van der Waals surface area contributed by atoms with Gasteiger partial charge in [-0.2, -0.15) is 0 Å². The second-order valence-corrected chi connectivity index (χ2v) is 6.22. The van der Waals surface area contributed by atoms with E-state index >= 15 is 0 Å². The quantitative estimate of drug-likeness (QED) is 0.872. The highest BCUT2D eigenvalue weighted by Crippen LogP contribution is 2.17. The number of nitrogens with zero attached hydrogens (tertiary/aromatic N) is 2. The first-order valence-corrected chi connectivity index (χ1v) is 6.86. The lowest BCUT2D eigenvalue weighted by Gasteiger charge is -2.19. The second-order valence-electron chi connectivity index (χ2n) is 6.22. The molecule has 0 aliphatic carbocycles. The number of rotatable bonds is 5. The SMILES string of the molecule is CC(C)(C)NCc1cn(CCC2CCOC2)cn1. The Morgan fingerprint density at radius 2 is 2.33 bits per heavy atom. The van der Waals surface area contributed by atoms with Crippen molar-refractivity contribution in [1.29, 1.82) is 0 Å². The zero-order valence-electron chi connectivity index (χ0n) is 11.8. The molecule has 0 radical (unpaired) electrons. The summed E-state index contributed by atoms with van der Waals surface area (Å²) in [4.78, 5) is 4.43. The molecule has 0 spiro atoms. The van der Waals surface area contributed by atoms with E-state index < -0.39 is 0 Å². The number of imidazole rings is 1. The molecule has 1 aliphatic rings. The Kier molecular flexibility index (Phi) is 4.40. The van der Waals surface area contributed by atoms with Crippen LogP contribution in [0.5, 0.6) is 0 Å². The Morgan fingerprint density at radius 1 is 1.50 bits per heavy atom. The van der Waals surface area contributed by atoms with Crippen molar-refractivity contribution >= 4 is 0 Å². The monoisotopic (exact) mass is 251 g/mol. The van der Waals surface area contributed by atoms with Crippen LogP contribution in [-0.4, -0.2) is 28.3 Å². The molecule has 1 atom stereocenters. The molecular weight excluding hydrogens is 226 g/mol. The fourth-order valence-electron chi connectivity index (χ4n) is 2.12. The largest absolute Gasteiger partial charge is 0.381 e. The number of aryl methyl sites for hydroxylation is 1. The molecule has 1 aromatic rings. The van der Waals surface area contributed by atoms with Crippen molar-refractivity contribution in [3.63, 3.8) is 0 Å². The normalized spacial score (nSPS) is 20.5. The molecule has 4 heteroatoms. The summed E-state index contributed by atoms with van der Waals surface area (Å²) in [6, 6.07) is 0. The van der Waals surface area contributed by atoms with Gasteiger partial charge in [0.2, 0.25) is 0 Å². The number of hydrogen-bond donors (Lipinski definition) is 1. The summed E-state index contributed by atoms with van der Waals surface area (Å²) in [7, 11) is 0. The summed E-state index contributed by atoms with van der Waals surface area (Å²) in [6.45, 7) is 10.3. The van der Waals surface area contributed by atoms with Gasteiger partial charge < -0.3 is 14.6 Å². The molecule has 1 saturated heterocycles. The van der Waals surface area contributed by atoms with Gasteiger partial charge in [0, 0.05) is 38.0 Å². The maximum absolute atomic E-state index is 5.39. The Labute approximate surface area is 110 Å². The molecule has 0 bridgehead atoms. The molecule has 102 valence electrons. The van der Waals surface area contributed by atoms with Gasteiger partial charge >= 0.3 is 0 Å². The van der Waals surface area contributed by atoms with E-state index in [9.17, 15) is 0 Å². The summed E-state index contributed by atoms with van der Waals surface area (Å²) in [5, 5.41) is 3.45. The fourth-order valence-corrected chi connectivity index (χ4v) is 2.12. The predicted molar refractivity (Wildman–Crippen MR) is 72.4 cm³/mol. The first-order valence-electron chi connectivity index (χ1n) is 6.86. The highest BCUT2D eigenvalue weighted by atomic mass is 16.5. The third-order valence-corrected chi connectivity index (χ3v) is 3.31. The van der Waals surface area contributed by atoms with Crippen molar-refractivity contribution in [2.24, 2.45) is 5.92 Å². The highest BCUT2D eigenvalue weighted by Gasteiger charge is 2.15. The van der Waals surface area contributed by atoms with E-state index in [0.29, 0.717) is 0 Å². The standard InChI is InChI=1S/C14H25N3O/c1-14(2,3)16-8-13-9-17(11-15-13)6-4-12-5-7-18-10-12/h9,11-12,16H,4-8,10H2,1-3H3. The molecule has 1 aromatic heterocycles. The van der Waals surface area contributed by atoms with Crippen molar-refractivity contribution in [1.82, 2.24) is 14.9 Å². The molecule has 1 unspecified atom stereocenters. The fraction of sp³-hybridized carbons (Fsp3) is 0.786. The molecule has 2 heterocycles. The van der Waals surface area contributed by atoms with Gasteiger partial charge in [0.1, 0.15) is 0 Å². The lowest BCUT2D eigenvalue weighted by atomic mass is 10.1. The highest BCUT2D eigenvalue weighted by molar-refractivity contribution is 4.97. The lowest BCUT2D eigenvalue weighted by molar-refractivity contribution is 0.183. The van der Waals surface area contributed by atoms with E-state index in [1.807, 2.05) is 6.33 Å². The maximum atomic E-state index is 5.39. The average Bonchev–Trinajstić information content (AvgIpc) is 2.94. The minimum atomic E-state index is 0.144. The number of aromatic nitrogens is 2. The van der Waals surface area contributed by atoms with Gasteiger partial charge in [-0.05, 0) is 39.5 Å². The summed E-state index contributed by atoms with van der Waals surface area (Å²) in [5.74, 6) is 0.739. The van der Waals surface area contributed by atoms with Gasteiger partial charge in [0.25, 0.3) is 0 Å². The van der Waals surface area contributed by atoms with Crippen LogP contribution in [0.2, 0.25) is 0 Å². The van der Waals surface area contributed by atoms with E-state index in [1.54, 1.807) is 0 Å². The smallest absolute Gasteiger partial charge is 0.0949 e. The molecule has 1 aliphatic heterocycles. The molecular formula is C14H25N3O. The number of nitrogens with one attached hydrogen (secondary N) is 1. The van der Waals surface area contributed by atoms with Crippen LogP contribution in [-0.2, 0) is 17.8 Å². The van der Waals surface area contributed by atoms with Gasteiger partial charge in [-0.15, -0.1) is 0 Å². The van der Waals surface area contributed by atoms with E-state index in [-0.39, 0.29) is 5.54 Å². The van der Waals surface area contributed by atoms with Gasteiger partial charge in [-0.25, -0.2) is 4.98 Å². The Hall–Kier alpha value is -0.870. The number of ether oxygens (including phenoxy) is 1. The van der Waals surface area contributed by atoms with Crippen LogP contribution in [0, 0.1) is 5.92 Å². The minimum Gasteiger partial charge on any atom is -0.381 e. The summed E-state index contributed by atoms with van der Waals surface area (Å²) in [5.41, 5.74) is 1.26. The van der Waals surface area contributed by atoms with Gasteiger partial charge in [0.15, 0.2) is 0 Å². The van der Waals surface area contributed by atoms with Gasteiger partial charge in [0.05, 0.1) is 12.0 Å². The van der Waals surface area contributed by atoms with E-state index in [4.69, 9.17) is 4.74 Å². The first kappa shape index (κ1) is 13.6. The average molecular weight is 251 g/mol. The van der Waals surface area contributed by atoms with E-state index in [0.717, 1.165) is 37.9 Å². The third-order valence-electron chi connectivity index (χ3n) is 3.31. The molecule has 0 saturated carbocycles. The van der Waals surface area contributed by atoms with Crippen LogP contribution >= 0.6 is 0 Å². The van der Waals surface area contributed by atoms with Crippen LogP contribution in [0.1, 0.15) is 39.3 Å². The molecule has 2 rings (SSSR count). The summed E-state index contributed by atoms with van der Waals surface area (Å²) < 4.78 is 7.58.